The first-order chi connectivity index (χ1) is 16.0. The molecular formula is C24H26FN5O2S. The van der Waals surface area contributed by atoms with Crippen LogP contribution >= 0.6 is 11.9 Å². The highest BCUT2D eigenvalue weighted by Crippen LogP contribution is 2.44. The zero-order valence-electron chi connectivity index (χ0n) is 18.4. The quantitative estimate of drug-likeness (QED) is 0.615. The average molecular weight is 468 g/mol. The van der Waals surface area contributed by atoms with Gasteiger partial charge in [0.25, 0.3) is 0 Å². The Bertz CT molecular complexity index is 1070. The summed E-state index contributed by atoms with van der Waals surface area (Å²) in [6.45, 7) is 5.85. The van der Waals surface area contributed by atoms with Crippen LogP contribution in [0.2, 0.25) is 0 Å². The summed E-state index contributed by atoms with van der Waals surface area (Å²) in [7, 11) is 0. The molecule has 172 valence electrons. The van der Waals surface area contributed by atoms with E-state index in [9.17, 15) is 9.18 Å². The Balaban J connectivity index is 1.12. The maximum atomic E-state index is 13.6. The number of benzene rings is 1. The fourth-order valence-corrected chi connectivity index (χ4v) is 5.96. The summed E-state index contributed by atoms with van der Waals surface area (Å²) in [4.78, 5) is 21.2. The number of nitrogens with zero attached hydrogens (tertiary/aromatic N) is 5. The number of halogens is 1. The maximum absolute atomic E-state index is 13.6. The van der Waals surface area contributed by atoms with Crippen molar-refractivity contribution in [3.05, 3.63) is 53.5 Å². The number of ether oxygens (including phenoxy) is 1. The predicted octanol–water partition coefficient (Wildman–Crippen LogP) is 4.04. The molecule has 3 aliphatic rings. The normalized spacial score (nSPS) is 20.8. The molecule has 0 bridgehead atoms. The molecule has 1 aromatic carbocycles. The van der Waals surface area contributed by atoms with Crippen LogP contribution < -0.4 is 4.90 Å². The van der Waals surface area contributed by atoms with Gasteiger partial charge in [-0.15, -0.1) is 0 Å². The Morgan fingerprint density at radius 1 is 1.15 bits per heavy atom. The van der Waals surface area contributed by atoms with E-state index in [2.05, 4.69) is 14.2 Å². The lowest BCUT2D eigenvalue weighted by Crippen LogP contribution is -2.40. The third-order valence-corrected chi connectivity index (χ3v) is 7.89. The summed E-state index contributed by atoms with van der Waals surface area (Å²) in [6.07, 6.45) is 4.97. The molecule has 0 aliphatic carbocycles. The fourth-order valence-electron chi connectivity index (χ4n) is 4.92. The van der Waals surface area contributed by atoms with Gasteiger partial charge in [-0.3, -0.25) is 9.80 Å². The Labute approximate surface area is 197 Å². The summed E-state index contributed by atoms with van der Waals surface area (Å²) < 4.78 is 21.0. The summed E-state index contributed by atoms with van der Waals surface area (Å²) in [5.41, 5.74) is 1.45. The molecule has 3 aliphatic heterocycles. The van der Waals surface area contributed by atoms with E-state index < -0.39 is 5.82 Å². The molecule has 5 rings (SSSR count). The molecule has 1 aromatic heterocycles. The van der Waals surface area contributed by atoms with Crippen molar-refractivity contribution in [2.45, 2.75) is 30.7 Å². The van der Waals surface area contributed by atoms with Crippen LogP contribution in [0.4, 0.5) is 15.0 Å². The third kappa shape index (κ3) is 4.83. The largest absolute Gasteiger partial charge is 0.447 e. The zero-order valence-corrected chi connectivity index (χ0v) is 19.2. The van der Waals surface area contributed by atoms with Gasteiger partial charge < -0.3 is 4.74 Å². The number of amides is 1. The lowest BCUT2D eigenvalue weighted by molar-refractivity contribution is 0.110. The molecule has 33 heavy (non-hydrogen) atoms. The fraction of sp³-hybridized carbons (Fsp3) is 0.458. The van der Waals surface area contributed by atoms with E-state index in [1.807, 2.05) is 24.4 Å². The molecule has 1 spiro atoms. The van der Waals surface area contributed by atoms with Crippen molar-refractivity contribution in [1.29, 1.82) is 5.26 Å². The van der Waals surface area contributed by atoms with Crippen molar-refractivity contribution in [2.75, 3.05) is 44.2 Å². The van der Waals surface area contributed by atoms with Gasteiger partial charge in [-0.1, -0.05) is 6.07 Å². The number of hydrogen-bond donors (Lipinski definition) is 0. The highest BCUT2D eigenvalue weighted by molar-refractivity contribution is 7.97. The number of nitriles is 1. The highest BCUT2D eigenvalue weighted by Gasteiger charge is 2.40. The van der Waals surface area contributed by atoms with Gasteiger partial charge in [-0.05, 0) is 79.5 Å². The number of anilines is 1. The molecule has 3 saturated heterocycles. The molecule has 2 aromatic rings. The van der Waals surface area contributed by atoms with Crippen molar-refractivity contribution in [1.82, 2.24) is 14.2 Å². The standard InChI is InChI=1S/C24H26FN5O2S/c25-21-3-1-18(13-19(21)14-26)16-28-8-5-24(6-9-28)7-10-29(17-24)33-20-2-4-22(27-15-20)30-11-12-32-23(30)31/h1-4,13,15H,5-12,16-17H2. The second-order valence-corrected chi connectivity index (χ2v) is 10.2. The minimum Gasteiger partial charge on any atom is -0.447 e. The van der Waals surface area contributed by atoms with Crippen LogP contribution in [0.25, 0.3) is 0 Å². The second kappa shape index (κ2) is 9.29. The van der Waals surface area contributed by atoms with Crippen LogP contribution in [0, 0.1) is 22.6 Å². The first-order valence-electron chi connectivity index (χ1n) is 11.3. The van der Waals surface area contributed by atoms with Gasteiger partial charge in [0.05, 0.1) is 12.1 Å². The van der Waals surface area contributed by atoms with Crippen LogP contribution in [0.1, 0.15) is 30.4 Å². The molecule has 4 heterocycles. The van der Waals surface area contributed by atoms with Crippen LogP contribution in [0.3, 0.4) is 0 Å². The summed E-state index contributed by atoms with van der Waals surface area (Å²) in [5, 5.41) is 9.06. The number of piperidine rings is 1. The summed E-state index contributed by atoms with van der Waals surface area (Å²) in [6, 6.07) is 10.7. The number of hydrogen-bond acceptors (Lipinski definition) is 7. The van der Waals surface area contributed by atoms with Gasteiger partial charge >= 0.3 is 6.09 Å². The van der Waals surface area contributed by atoms with E-state index in [1.54, 1.807) is 29.0 Å². The molecule has 0 atom stereocenters. The molecule has 1 amide bonds. The van der Waals surface area contributed by atoms with E-state index in [-0.39, 0.29) is 11.7 Å². The number of pyridine rings is 1. The lowest BCUT2D eigenvalue weighted by Gasteiger charge is -2.39. The molecule has 0 N–H and O–H groups in total. The van der Waals surface area contributed by atoms with E-state index in [1.165, 1.54) is 12.5 Å². The van der Waals surface area contributed by atoms with Crippen molar-refractivity contribution >= 4 is 23.9 Å². The summed E-state index contributed by atoms with van der Waals surface area (Å²) in [5.74, 6) is 0.181. The van der Waals surface area contributed by atoms with Crippen molar-refractivity contribution in [3.8, 4) is 6.07 Å². The van der Waals surface area contributed by atoms with E-state index >= 15 is 0 Å². The first kappa shape index (κ1) is 22.1. The van der Waals surface area contributed by atoms with Crippen LogP contribution in [-0.2, 0) is 11.3 Å². The van der Waals surface area contributed by atoms with E-state index in [0.29, 0.717) is 24.4 Å². The first-order valence-corrected chi connectivity index (χ1v) is 12.1. The van der Waals surface area contributed by atoms with Crippen molar-refractivity contribution < 1.29 is 13.9 Å². The van der Waals surface area contributed by atoms with Gasteiger partial charge in [0.15, 0.2) is 0 Å². The molecule has 0 unspecified atom stereocenters. The van der Waals surface area contributed by atoms with Crippen LogP contribution in [0.15, 0.2) is 41.4 Å². The lowest BCUT2D eigenvalue weighted by atomic mass is 9.78. The van der Waals surface area contributed by atoms with Gasteiger partial charge in [0.2, 0.25) is 0 Å². The monoisotopic (exact) mass is 467 g/mol. The number of rotatable bonds is 5. The Hall–Kier alpha value is -2.67. The molecule has 3 fully saturated rings. The Morgan fingerprint density at radius 2 is 1.97 bits per heavy atom. The second-order valence-electron chi connectivity index (χ2n) is 9.03. The van der Waals surface area contributed by atoms with Gasteiger partial charge in [-0.2, -0.15) is 5.26 Å². The number of carbonyl (C=O) groups excluding carboxylic acids is 1. The minimum absolute atomic E-state index is 0.118. The van der Waals surface area contributed by atoms with Crippen molar-refractivity contribution in [3.63, 3.8) is 0 Å². The average Bonchev–Trinajstić information content (AvgIpc) is 3.43. The van der Waals surface area contributed by atoms with Gasteiger partial charge in [0, 0.05) is 30.7 Å². The molecule has 0 saturated carbocycles. The van der Waals surface area contributed by atoms with E-state index in [4.69, 9.17) is 10.00 Å². The number of likely N-dealkylation sites (tertiary alicyclic amines) is 1. The molecular weight excluding hydrogens is 441 g/mol. The van der Waals surface area contributed by atoms with Gasteiger partial charge in [-0.25, -0.2) is 18.5 Å². The predicted molar refractivity (Wildman–Crippen MR) is 123 cm³/mol. The number of carbonyl (C=O) groups is 1. The van der Waals surface area contributed by atoms with Crippen LogP contribution in [-0.4, -0.2) is 59.6 Å². The minimum atomic E-state index is -0.453. The van der Waals surface area contributed by atoms with Crippen molar-refractivity contribution in [2.24, 2.45) is 5.41 Å². The summed E-state index contributed by atoms with van der Waals surface area (Å²) >= 11 is 1.74. The van der Waals surface area contributed by atoms with Crippen LogP contribution in [0.5, 0.6) is 0 Å². The van der Waals surface area contributed by atoms with Gasteiger partial charge in [0.1, 0.15) is 24.3 Å². The number of cyclic esters (lactones) is 1. The SMILES string of the molecule is N#Cc1cc(CN2CCC3(CC2)CCN(Sc2ccc(N4CCOC4=O)nc2)C3)ccc1F. The number of aromatic nitrogens is 1. The molecule has 0 radical (unpaired) electrons. The smallest absolute Gasteiger partial charge is 0.415 e. The third-order valence-electron chi connectivity index (χ3n) is 6.87. The Morgan fingerprint density at radius 3 is 2.67 bits per heavy atom. The molecule has 7 nitrogen and oxygen atoms in total. The maximum Gasteiger partial charge on any atom is 0.415 e. The topological polar surface area (TPSA) is 72.7 Å². The zero-order chi connectivity index (χ0) is 22.8. The Kier molecular flexibility index (Phi) is 6.23. The van der Waals surface area contributed by atoms with E-state index in [0.717, 1.165) is 56.0 Å². The highest BCUT2D eigenvalue weighted by atomic mass is 32.2. The molecule has 9 heteroatoms.